The van der Waals surface area contributed by atoms with Gasteiger partial charge in [-0.2, -0.15) is 0 Å². The highest BCUT2D eigenvalue weighted by Crippen LogP contribution is 2.22. The second kappa shape index (κ2) is 9.99. The summed E-state index contributed by atoms with van der Waals surface area (Å²) in [4.78, 5) is 21.0. The number of rotatable bonds is 8. The van der Waals surface area contributed by atoms with Gasteiger partial charge in [0.05, 0.1) is 4.90 Å². The molecule has 3 rings (SSSR count). The van der Waals surface area contributed by atoms with Gasteiger partial charge in [0.15, 0.2) is 6.10 Å². The van der Waals surface area contributed by atoms with Crippen LogP contribution in [0.15, 0.2) is 53.4 Å². The number of sulfonamides is 1. The lowest BCUT2D eigenvalue weighted by Crippen LogP contribution is -2.32. The summed E-state index contributed by atoms with van der Waals surface area (Å²) >= 11 is 0. The molecule has 0 aliphatic carbocycles. The Balaban J connectivity index is 1.69. The number of carbonyl (C=O) groups is 1. The highest BCUT2D eigenvalue weighted by molar-refractivity contribution is 7.92. The number of amides is 1. The molecule has 33 heavy (non-hydrogen) atoms. The fourth-order valence-corrected chi connectivity index (χ4v) is 4.14. The van der Waals surface area contributed by atoms with Crippen LogP contribution < -0.4 is 14.8 Å². The number of anilines is 2. The lowest BCUT2D eigenvalue weighted by molar-refractivity contribution is -0.122. The van der Waals surface area contributed by atoms with Gasteiger partial charge in [-0.05, 0) is 81.6 Å². The van der Waals surface area contributed by atoms with E-state index in [1.54, 1.807) is 19.9 Å². The predicted octanol–water partition coefficient (Wildman–Crippen LogP) is 4.31. The van der Waals surface area contributed by atoms with Gasteiger partial charge < -0.3 is 10.1 Å². The minimum Gasteiger partial charge on any atom is -0.480 e. The number of aromatic nitrogens is 2. The van der Waals surface area contributed by atoms with E-state index in [9.17, 15) is 13.2 Å². The Morgan fingerprint density at radius 2 is 1.61 bits per heavy atom. The first-order chi connectivity index (χ1) is 15.6. The third kappa shape index (κ3) is 6.29. The zero-order valence-corrected chi connectivity index (χ0v) is 20.2. The van der Waals surface area contributed by atoms with Gasteiger partial charge in [0.1, 0.15) is 5.75 Å². The molecule has 0 radical (unpaired) electrons. The minimum absolute atomic E-state index is 0.0132. The predicted molar refractivity (Wildman–Crippen MR) is 128 cm³/mol. The first-order valence-electron chi connectivity index (χ1n) is 10.6. The molecule has 0 aliphatic rings. The molecule has 0 bridgehead atoms. The van der Waals surface area contributed by atoms with Crippen molar-refractivity contribution in [2.24, 2.45) is 0 Å². The maximum atomic E-state index is 12.7. The van der Waals surface area contributed by atoms with Crippen LogP contribution in [0, 0.1) is 27.7 Å². The number of hydrogen-bond donors (Lipinski definition) is 2. The van der Waals surface area contributed by atoms with E-state index in [0.717, 1.165) is 11.1 Å². The molecular formula is C24H28N4O4S. The molecule has 0 spiro atoms. The van der Waals surface area contributed by atoms with Crippen molar-refractivity contribution in [1.82, 2.24) is 9.97 Å². The molecule has 174 valence electrons. The molecule has 1 aromatic heterocycles. The van der Waals surface area contributed by atoms with E-state index in [-0.39, 0.29) is 16.8 Å². The smallest absolute Gasteiger partial charge is 0.265 e. The topological polar surface area (TPSA) is 110 Å². The third-order valence-corrected chi connectivity index (χ3v) is 6.26. The standard InChI is InChI=1S/C24H28N4O4S/c1-6-21(32-22-13-15(2)7-8-16(22)3)23(29)27-19-9-11-20(12-10-19)33(30,31)28-24-25-17(4)14-18(5)26-24/h7-14,21H,6H2,1-5H3,(H,27,29)(H,25,26,28). The molecule has 1 atom stereocenters. The van der Waals surface area contributed by atoms with Gasteiger partial charge in [-0.1, -0.05) is 19.1 Å². The van der Waals surface area contributed by atoms with E-state index in [2.05, 4.69) is 20.0 Å². The molecule has 8 nitrogen and oxygen atoms in total. The molecule has 1 unspecified atom stereocenters. The van der Waals surface area contributed by atoms with Crippen molar-refractivity contribution in [2.45, 2.75) is 52.0 Å². The van der Waals surface area contributed by atoms with Crippen molar-refractivity contribution < 1.29 is 17.9 Å². The SMILES string of the molecule is CCC(Oc1cc(C)ccc1C)C(=O)Nc1ccc(S(=O)(=O)Nc2nc(C)cc(C)n2)cc1. The Hall–Kier alpha value is -3.46. The van der Waals surface area contributed by atoms with E-state index >= 15 is 0 Å². The number of aryl methyl sites for hydroxylation is 4. The van der Waals surface area contributed by atoms with Crippen LogP contribution in [-0.2, 0) is 14.8 Å². The molecule has 2 N–H and O–H groups in total. The summed E-state index contributed by atoms with van der Waals surface area (Å²) in [6.07, 6.45) is -0.205. The lowest BCUT2D eigenvalue weighted by Gasteiger charge is -2.19. The summed E-state index contributed by atoms with van der Waals surface area (Å²) in [6.45, 7) is 9.28. The molecule has 1 heterocycles. The largest absolute Gasteiger partial charge is 0.480 e. The van der Waals surface area contributed by atoms with E-state index < -0.39 is 16.1 Å². The quantitative estimate of drug-likeness (QED) is 0.510. The Labute approximate surface area is 194 Å². The lowest BCUT2D eigenvalue weighted by atomic mass is 10.1. The van der Waals surface area contributed by atoms with Crippen molar-refractivity contribution in [1.29, 1.82) is 0 Å². The first kappa shape index (κ1) is 24.2. The number of ether oxygens (including phenoxy) is 1. The Morgan fingerprint density at radius 1 is 0.970 bits per heavy atom. The monoisotopic (exact) mass is 468 g/mol. The number of carbonyl (C=O) groups excluding carboxylic acids is 1. The average Bonchev–Trinajstić information content (AvgIpc) is 2.73. The average molecular weight is 469 g/mol. The van der Waals surface area contributed by atoms with Gasteiger partial charge in [-0.15, -0.1) is 0 Å². The van der Waals surface area contributed by atoms with Gasteiger partial charge in [-0.3, -0.25) is 4.79 Å². The van der Waals surface area contributed by atoms with E-state index in [1.165, 1.54) is 24.3 Å². The minimum atomic E-state index is -3.88. The summed E-state index contributed by atoms with van der Waals surface area (Å²) < 4.78 is 33.7. The number of benzene rings is 2. The highest BCUT2D eigenvalue weighted by Gasteiger charge is 2.21. The summed E-state index contributed by atoms with van der Waals surface area (Å²) in [5.41, 5.74) is 3.77. The second-order valence-electron chi connectivity index (χ2n) is 7.88. The van der Waals surface area contributed by atoms with Crippen molar-refractivity contribution in [3.63, 3.8) is 0 Å². The molecule has 0 saturated carbocycles. The van der Waals surface area contributed by atoms with Crippen LogP contribution in [0.25, 0.3) is 0 Å². The van der Waals surface area contributed by atoms with Crippen LogP contribution >= 0.6 is 0 Å². The molecule has 3 aromatic rings. The summed E-state index contributed by atoms with van der Waals surface area (Å²) in [7, 11) is -3.88. The number of nitrogens with zero attached hydrogens (tertiary/aromatic N) is 2. The van der Waals surface area contributed by atoms with Gasteiger partial charge in [0.2, 0.25) is 5.95 Å². The zero-order valence-electron chi connectivity index (χ0n) is 19.3. The van der Waals surface area contributed by atoms with Crippen molar-refractivity contribution in [2.75, 3.05) is 10.0 Å². The molecule has 2 aromatic carbocycles. The molecule has 0 saturated heterocycles. The van der Waals surface area contributed by atoms with Crippen LogP contribution in [0.5, 0.6) is 5.75 Å². The summed E-state index contributed by atoms with van der Waals surface area (Å²) in [5, 5.41) is 2.79. The first-order valence-corrected chi connectivity index (χ1v) is 12.1. The maximum absolute atomic E-state index is 12.7. The Bertz CT molecular complexity index is 1240. The van der Waals surface area contributed by atoms with Crippen LogP contribution in [0.4, 0.5) is 11.6 Å². The Kier molecular flexibility index (Phi) is 7.33. The highest BCUT2D eigenvalue weighted by atomic mass is 32.2. The molecular weight excluding hydrogens is 440 g/mol. The van der Waals surface area contributed by atoms with Gasteiger partial charge in [0.25, 0.3) is 15.9 Å². The summed E-state index contributed by atoms with van der Waals surface area (Å²) in [5.74, 6) is 0.369. The second-order valence-corrected chi connectivity index (χ2v) is 9.56. The zero-order chi connectivity index (χ0) is 24.2. The molecule has 9 heteroatoms. The third-order valence-electron chi connectivity index (χ3n) is 4.92. The Morgan fingerprint density at radius 3 is 2.21 bits per heavy atom. The fraction of sp³-hybridized carbons (Fsp3) is 0.292. The van der Waals surface area contributed by atoms with Crippen molar-refractivity contribution >= 4 is 27.6 Å². The van der Waals surface area contributed by atoms with Gasteiger partial charge in [-0.25, -0.2) is 23.1 Å². The van der Waals surface area contributed by atoms with Crippen LogP contribution in [-0.4, -0.2) is 30.4 Å². The van der Waals surface area contributed by atoms with Crippen LogP contribution in [0.1, 0.15) is 35.9 Å². The van der Waals surface area contributed by atoms with E-state index in [4.69, 9.17) is 4.74 Å². The summed E-state index contributed by atoms with van der Waals surface area (Å²) in [6, 6.07) is 13.5. The van der Waals surface area contributed by atoms with E-state index in [1.807, 2.05) is 39.0 Å². The molecule has 0 aliphatic heterocycles. The number of hydrogen-bond acceptors (Lipinski definition) is 6. The fourth-order valence-electron chi connectivity index (χ4n) is 3.20. The molecule has 1 amide bonds. The van der Waals surface area contributed by atoms with Crippen LogP contribution in [0.2, 0.25) is 0 Å². The number of nitrogens with one attached hydrogen (secondary N) is 2. The van der Waals surface area contributed by atoms with Gasteiger partial charge >= 0.3 is 0 Å². The van der Waals surface area contributed by atoms with Crippen molar-refractivity contribution in [3.05, 3.63) is 71.0 Å². The normalized spacial score (nSPS) is 12.2. The van der Waals surface area contributed by atoms with Gasteiger partial charge in [0, 0.05) is 17.1 Å². The van der Waals surface area contributed by atoms with Crippen molar-refractivity contribution in [3.8, 4) is 5.75 Å². The van der Waals surface area contributed by atoms with E-state index in [0.29, 0.717) is 29.2 Å². The maximum Gasteiger partial charge on any atom is 0.265 e. The van der Waals surface area contributed by atoms with Crippen LogP contribution in [0.3, 0.4) is 0 Å². The molecule has 0 fully saturated rings.